The number of halogens is 1. The largest absolute Gasteiger partial charge is 0.348 e. The number of nitrogens with zero attached hydrogens (tertiary/aromatic N) is 4. The molecule has 150 valence electrons. The standard InChI is InChI=1S/C19H30FN5O2/c1-13(2)21-19(27)17-12-24(23-22-17)11-16-9-15(20)10-25(16)18(26)8-7-14-5-3-4-6-14/h12-16H,3-11H2,1-2H3,(H,21,27). The molecular weight excluding hydrogens is 349 g/mol. The minimum atomic E-state index is -1.00. The van der Waals surface area contributed by atoms with Crippen LogP contribution in [0.1, 0.15) is 69.3 Å². The first-order chi connectivity index (χ1) is 12.9. The summed E-state index contributed by atoms with van der Waals surface area (Å²) in [6, 6.07) is -0.225. The van der Waals surface area contributed by atoms with E-state index in [4.69, 9.17) is 0 Å². The Morgan fingerprint density at radius 2 is 2.07 bits per heavy atom. The van der Waals surface area contributed by atoms with Crippen molar-refractivity contribution in [3.05, 3.63) is 11.9 Å². The van der Waals surface area contributed by atoms with E-state index < -0.39 is 6.17 Å². The third-order valence-electron chi connectivity index (χ3n) is 5.51. The SMILES string of the molecule is CC(C)NC(=O)c1cn(CC2CC(F)CN2C(=O)CCC2CCCC2)nn1. The van der Waals surface area contributed by atoms with E-state index in [1.165, 1.54) is 30.4 Å². The number of alkyl halides is 1. The van der Waals surface area contributed by atoms with Crippen molar-refractivity contribution in [1.29, 1.82) is 0 Å². The van der Waals surface area contributed by atoms with Gasteiger partial charge in [0.25, 0.3) is 5.91 Å². The van der Waals surface area contributed by atoms with Crippen LogP contribution in [0.2, 0.25) is 0 Å². The maximum absolute atomic E-state index is 14.0. The fourth-order valence-electron chi connectivity index (χ4n) is 4.15. The predicted octanol–water partition coefficient (Wildman–Crippen LogP) is 2.33. The Morgan fingerprint density at radius 3 is 2.78 bits per heavy atom. The van der Waals surface area contributed by atoms with E-state index in [2.05, 4.69) is 15.6 Å². The highest BCUT2D eigenvalue weighted by molar-refractivity contribution is 5.91. The number of carbonyl (C=O) groups is 2. The van der Waals surface area contributed by atoms with E-state index in [9.17, 15) is 14.0 Å². The fraction of sp³-hybridized carbons (Fsp3) is 0.789. The smallest absolute Gasteiger partial charge is 0.273 e. The van der Waals surface area contributed by atoms with Crippen LogP contribution in [-0.4, -0.2) is 56.5 Å². The number of aromatic nitrogens is 3. The molecular formula is C19H30FN5O2. The summed E-state index contributed by atoms with van der Waals surface area (Å²) in [5.74, 6) is 0.397. The maximum Gasteiger partial charge on any atom is 0.273 e. The Labute approximate surface area is 159 Å². The molecule has 2 unspecified atom stereocenters. The van der Waals surface area contributed by atoms with Crippen LogP contribution in [0.15, 0.2) is 6.20 Å². The quantitative estimate of drug-likeness (QED) is 0.788. The van der Waals surface area contributed by atoms with E-state index >= 15 is 0 Å². The molecule has 1 saturated heterocycles. The van der Waals surface area contributed by atoms with E-state index in [-0.39, 0.29) is 36.1 Å². The second-order valence-electron chi connectivity index (χ2n) is 8.18. The third-order valence-corrected chi connectivity index (χ3v) is 5.51. The van der Waals surface area contributed by atoms with Gasteiger partial charge in [0.05, 0.1) is 25.3 Å². The van der Waals surface area contributed by atoms with Gasteiger partial charge in [-0.1, -0.05) is 30.9 Å². The molecule has 8 heteroatoms. The average molecular weight is 379 g/mol. The molecule has 1 aromatic heterocycles. The molecule has 1 saturated carbocycles. The number of amides is 2. The molecule has 0 bridgehead atoms. The number of likely N-dealkylation sites (tertiary alicyclic amines) is 1. The van der Waals surface area contributed by atoms with Crippen LogP contribution in [0.5, 0.6) is 0 Å². The lowest BCUT2D eigenvalue weighted by molar-refractivity contribution is -0.132. The molecule has 2 atom stereocenters. The molecule has 0 radical (unpaired) electrons. The Kier molecular flexibility index (Phi) is 6.44. The molecule has 2 amide bonds. The molecule has 27 heavy (non-hydrogen) atoms. The first-order valence-electron chi connectivity index (χ1n) is 10.1. The lowest BCUT2D eigenvalue weighted by Crippen LogP contribution is -2.38. The van der Waals surface area contributed by atoms with Crippen molar-refractivity contribution in [3.63, 3.8) is 0 Å². The molecule has 1 N–H and O–H groups in total. The van der Waals surface area contributed by atoms with Crippen molar-refractivity contribution >= 4 is 11.8 Å². The second-order valence-corrected chi connectivity index (χ2v) is 8.18. The highest BCUT2D eigenvalue weighted by Crippen LogP contribution is 2.30. The summed E-state index contributed by atoms with van der Waals surface area (Å²) in [5.41, 5.74) is 0.234. The molecule has 0 spiro atoms. The molecule has 2 aliphatic rings. The monoisotopic (exact) mass is 379 g/mol. The van der Waals surface area contributed by atoms with E-state index in [0.29, 0.717) is 25.3 Å². The zero-order valence-electron chi connectivity index (χ0n) is 16.2. The van der Waals surface area contributed by atoms with Gasteiger partial charge in [0.1, 0.15) is 6.17 Å². The molecule has 2 fully saturated rings. The molecule has 1 aliphatic heterocycles. The highest BCUT2D eigenvalue weighted by atomic mass is 19.1. The van der Waals surface area contributed by atoms with Gasteiger partial charge in [-0.3, -0.25) is 9.59 Å². The summed E-state index contributed by atoms with van der Waals surface area (Å²) in [7, 11) is 0. The molecule has 2 heterocycles. The van der Waals surface area contributed by atoms with Crippen molar-refractivity contribution in [2.75, 3.05) is 6.54 Å². The average Bonchev–Trinajstić information content (AvgIpc) is 3.33. The van der Waals surface area contributed by atoms with Gasteiger partial charge in [0.2, 0.25) is 5.91 Å². The van der Waals surface area contributed by atoms with E-state index in [1.807, 2.05) is 13.8 Å². The maximum atomic E-state index is 14.0. The van der Waals surface area contributed by atoms with Crippen LogP contribution in [0.3, 0.4) is 0 Å². The predicted molar refractivity (Wildman–Crippen MR) is 98.8 cm³/mol. The van der Waals surface area contributed by atoms with Gasteiger partial charge in [0.15, 0.2) is 5.69 Å². The van der Waals surface area contributed by atoms with Crippen molar-refractivity contribution in [2.45, 2.75) is 83.6 Å². The van der Waals surface area contributed by atoms with Crippen LogP contribution >= 0.6 is 0 Å². The number of hydrogen-bond donors (Lipinski definition) is 1. The molecule has 1 aliphatic carbocycles. The van der Waals surface area contributed by atoms with Crippen molar-refractivity contribution < 1.29 is 14.0 Å². The van der Waals surface area contributed by atoms with Gasteiger partial charge in [-0.15, -0.1) is 5.10 Å². The van der Waals surface area contributed by atoms with Gasteiger partial charge in [0, 0.05) is 18.9 Å². The zero-order chi connectivity index (χ0) is 19.4. The minimum absolute atomic E-state index is 0.0118. The summed E-state index contributed by atoms with van der Waals surface area (Å²) >= 11 is 0. The summed E-state index contributed by atoms with van der Waals surface area (Å²) in [6.45, 7) is 4.26. The lowest BCUT2D eigenvalue weighted by Gasteiger charge is -2.24. The molecule has 3 rings (SSSR count). The Balaban J connectivity index is 1.56. The van der Waals surface area contributed by atoms with Crippen LogP contribution in [-0.2, 0) is 11.3 Å². The second kappa shape index (κ2) is 8.80. The van der Waals surface area contributed by atoms with Gasteiger partial charge < -0.3 is 10.2 Å². The van der Waals surface area contributed by atoms with Gasteiger partial charge in [-0.25, -0.2) is 9.07 Å². The molecule has 0 aromatic carbocycles. The van der Waals surface area contributed by atoms with Gasteiger partial charge in [-0.05, 0) is 26.2 Å². The summed E-state index contributed by atoms with van der Waals surface area (Å²) in [4.78, 5) is 26.3. The summed E-state index contributed by atoms with van der Waals surface area (Å²) < 4.78 is 15.5. The minimum Gasteiger partial charge on any atom is -0.348 e. The summed E-state index contributed by atoms with van der Waals surface area (Å²) in [6.07, 6.45) is 7.21. The molecule has 1 aromatic rings. The number of rotatable bonds is 7. The highest BCUT2D eigenvalue weighted by Gasteiger charge is 2.35. The number of hydrogen-bond acceptors (Lipinski definition) is 4. The van der Waals surface area contributed by atoms with Crippen LogP contribution in [0.25, 0.3) is 0 Å². The van der Waals surface area contributed by atoms with E-state index in [0.717, 1.165) is 6.42 Å². The third kappa shape index (κ3) is 5.26. The van der Waals surface area contributed by atoms with Crippen LogP contribution < -0.4 is 5.32 Å². The normalized spacial score (nSPS) is 23.3. The van der Waals surface area contributed by atoms with Gasteiger partial charge in [-0.2, -0.15) is 0 Å². The zero-order valence-corrected chi connectivity index (χ0v) is 16.2. The first kappa shape index (κ1) is 19.8. The number of carbonyl (C=O) groups excluding carboxylic acids is 2. The van der Waals surface area contributed by atoms with Crippen molar-refractivity contribution in [1.82, 2.24) is 25.2 Å². The summed E-state index contributed by atoms with van der Waals surface area (Å²) in [5, 5.41) is 10.6. The topological polar surface area (TPSA) is 80.1 Å². The molecule has 7 nitrogen and oxygen atoms in total. The first-order valence-corrected chi connectivity index (χ1v) is 10.1. The van der Waals surface area contributed by atoms with Crippen molar-refractivity contribution in [3.8, 4) is 0 Å². The Hall–Kier alpha value is -1.99. The van der Waals surface area contributed by atoms with Crippen LogP contribution in [0, 0.1) is 5.92 Å². The Bertz CT molecular complexity index is 656. The fourth-order valence-corrected chi connectivity index (χ4v) is 4.15. The number of nitrogens with one attached hydrogen (secondary N) is 1. The van der Waals surface area contributed by atoms with E-state index in [1.54, 1.807) is 11.1 Å². The lowest BCUT2D eigenvalue weighted by atomic mass is 10.0. The van der Waals surface area contributed by atoms with Gasteiger partial charge >= 0.3 is 0 Å². The Morgan fingerprint density at radius 1 is 1.33 bits per heavy atom. The van der Waals surface area contributed by atoms with Crippen molar-refractivity contribution in [2.24, 2.45) is 5.92 Å². The van der Waals surface area contributed by atoms with Crippen LogP contribution in [0.4, 0.5) is 4.39 Å².